The van der Waals surface area contributed by atoms with Crippen LogP contribution in [0.4, 0.5) is 0 Å². The smallest absolute Gasteiger partial charge is 0.327 e. The van der Waals surface area contributed by atoms with Crippen LogP contribution in [0.15, 0.2) is 33.9 Å². The number of aliphatic hydroxyl groups excluding tert-OH is 1. The van der Waals surface area contributed by atoms with Crippen LogP contribution in [0.2, 0.25) is 0 Å². The van der Waals surface area contributed by atoms with Crippen LogP contribution in [0.5, 0.6) is 0 Å². The van der Waals surface area contributed by atoms with Gasteiger partial charge in [-0.3, -0.25) is 14.8 Å². The van der Waals surface area contributed by atoms with Gasteiger partial charge in [-0.1, -0.05) is 50.6 Å². The highest BCUT2D eigenvalue weighted by molar-refractivity contribution is 5.77. The molecule has 3 rings (SSSR count). The summed E-state index contributed by atoms with van der Waals surface area (Å²) in [4.78, 5) is 28.9. The maximum absolute atomic E-state index is 12.2. The summed E-state index contributed by atoms with van der Waals surface area (Å²) in [5.41, 5.74) is 1.31. The molecule has 0 amide bonds. The van der Waals surface area contributed by atoms with Gasteiger partial charge in [0, 0.05) is 0 Å². The Morgan fingerprint density at radius 3 is 2.36 bits per heavy atom. The maximum atomic E-state index is 12.2. The van der Waals surface area contributed by atoms with Crippen LogP contribution in [0.1, 0.15) is 43.6 Å². The first kappa shape index (κ1) is 17.2. The van der Waals surface area contributed by atoms with Crippen molar-refractivity contribution >= 4 is 11.0 Å². The second kappa shape index (κ2) is 6.00. The summed E-state index contributed by atoms with van der Waals surface area (Å²) in [5.74, 6) is 0. The van der Waals surface area contributed by atoms with Crippen molar-refractivity contribution in [1.82, 2.24) is 19.7 Å². The number of aliphatic hydroxyl groups is 1. The molecule has 0 aliphatic carbocycles. The molecule has 0 radical (unpaired) electrons. The molecule has 7 nitrogen and oxygen atoms in total. The molecular formula is C18H22N4O3. The van der Waals surface area contributed by atoms with Crippen molar-refractivity contribution in [2.24, 2.45) is 5.41 Å². The van der Waals surface area contributed by atoms with Crippen LogP contribution in [0.25, 0.3) is 11.0 Å². The zero-order chi connectivity index (χ0) is 18.4. The zero-order valence-electron chi connectivity index (χ0n) is 14.8. The molecule has 132 valence electrons. The van der Waals surface area contributed by atoms with Gasteiger partial charge in [0.05, 0.1) is 12.6 Å². The van der Waals surface area contributed by atoms with E-state index in [9.17, 15) is 14.7 Å². The Kier molecular flexibility index (Phi) is 4.12. The molecule has 0 aliphatic rings. The van der Waals surface area contributed by atoms with Crippen LogP contribution < -0.4 is 11.2 Å². The average molecular weight is 342 g/mol. The molecule has 1 unspecified atom stereocenters. The van der Waals surface area contributed by atoms with Crippen LogP contribution >= 0.6 is 0 Å². The van der Waals surface area contributed by atoms with E-state index in [-0.39, 0.29) is 29.1 Å². The van der Waals surface area contributed by atoms with E-state index in [2.05, 4.69) is 35.8 Å². The highest BCUT2D eigenvalue weighted by atomic mass is 16.3. The number of hydrogen-bond donors (Lipinski definition) is 3. The lowest BCUT2D eigenvalue weighted by atomic mass is 9.82. The molecule has 0 fully saturated rings. The molecule has 3 aromatic rings. The van der Waals surface area contributed by atoms with E-state index in [4.69, 9.17) is 0 Å². The summed E-state index contributed by atoms with van der Waals surface area (Å²) in [6.45, 7) is 7.82. The summed E-state index contributed by atoms with van der Waals surface area (Å²) in [7, 11) is 0. The minimum absolute atomic E-state index is 0.212. The van der Waals surface area contributed by atoms with E-state index in [1.807, 2.05) is 31.2 Å². The highest BCUT2D eigenvalue weighted by Gasteiger charge is 2.31. The van der Waals surface area contributed by atoms with Gasteiger partial charge in [-0.25, -0.2) is 9.48 Å². The standard InChI is InChI=1S/C18H22N4O3/c1-10-5-7-11(8-6-10)14(18(2,3)4)22-15-13(12(9-23)21-22)16(24)20-17(25)19-15/h5-8,14,23H,9H2,1-4H3,(H2,19,20,24,25). The van der Waals surface area contributed by atoms with Crippen molar-refractivity contribution in [3.05, 3.63) is 61.9 Å². The van der Waals surface area contributed by atoms with E-state index >= 15 is 0 Å². The van der Waals surface area contributed by atoms with Gasteiger partial charge in [-0.2, -0.15) is 5.10 Å². The molecular weight excluding hydrogens is 320 g/mol. The largest absolute Gasteiger partial charge is 0.390 e. The normalized spacial score (nSPS) is 13.3. The molecule has 3 N–H and O–H groups in total. The molecule has 2 aromatic heterocycles. The second-order valence-electron chi connectivity index (χ2n) is 7.36. The Labute approximate surface area is 144 Å². The molecule has 0 saturated heterocycles. The van der Waals surface area contributed by atoms with E-state index in [1.54, 1.807) is 4.68 Å². The van der Waals surface area contributed by atoms with Crippen LogP contribution in [-0.2, 0) is 6.61 Å². The van der Waals surface area contributed by atoms with Gasteiger partial charge in [0.25, 0.3) is 5.56 Å². The molecule has 0 saturated carbocycles. The highest BCUT2D eigenvalue weighted by Crippen LogP contribution is 2.37. The van der Waals surface area contributed by atoms with Crippen LogP contribution in [0.3, 0.4) is 0 Å². The summed E-state index contributed by atoms with van der Waals surface area (Å²) in [6.07, 6.45) is 0. The van der Waals surface area contributed by atoms with E-state index in [0.29, 0.717) is 5.65 Å². The first-order chi connectivity index (χ1) is 11.7. The monoisotopic (exact) mass is 342 g/mol. The fourth-order valence-corrected chi connectivity index (χ4v) is 3.20. The van der Waals surface area contributed by atoms with Gasteiger partial charge in [-0.05, 0) is 17.9 Å². The van der Waals surface area contributed by atoms with Crippen LogP contribution in [0, 0.1) is 12.3 Å². The van der Waals surface area contributed by atoms with Crippen molar-refractivity contribution in [1.29, 1.82) is 0 Å². The lowest BCUT2D eigenvalue weighted by molar-refractivity contribution is 0.255. The Morgan fingerprint density at radius 2 is 1.80 bits per heavy atom. The number of fused-ring (bicyclic) bond motifs is 1. The Bertz CT molecular complexity index is 1020. The summed E-state index contributed by atoms with van der Waals surface area (Å²) >= 11 is 0. The predicted molar refractivity (Wildman–Crippen MR) is 95.7 cm³/mol. The van der Waals surface area contributed by atoms with E-state index in [0.717, 1.165) is 11.1 Å². The van der Waals surface area contributed by atoms with Crippen molar-refractivity contribution in [3.63, 3.8) is 0 Å². The minimum atomic E-state index is -0.597. The topological polar surface area (TPSA) is 104 Å². The Hall–Kier alpha value is -2.67. The van der Waals surface area contributed by atoms with E-state index < -0.39 is 11.2 Å². The number of nitrogens with one attached hydrogen (secondary N) is 2. The second-order valence-corrected chi connectivity index (χ2v) is 7.36. The number of nitrogens with zero attached hydrogens (tertiary/aromatic N) is 2. The Balaban J connectivity index is 2.36. The molecule has 0 bridgehead atoms. The number of aromatic nitrogens is 4. The van der Waals surface area contributed by atoms with E-state index in [1.165, 1.54) is 0 Å². The minimum Gasteiger partial charge on any atom is -0.390 e. The van der Waals surface area contributed by atoms with Crippen molar-refractivity contribution < 1.29 is 5.11 Å². The Morgan fingerprint density at radius 1 is 1.16 bits per heavy atom. The molecule has 7 heteroatoms. The molecule has 2 heterocycles. The van der Waals surface area contributed by atoms with Gasteiger partial charge in [-0.15, -0.1) is 0 Å². The lowest BCUT2D eigenvalue weighted by Crippen LogP contribution is -2.28. The molecule has 1 aromatic carbocycles. The molecule has 1 atom stereocenters. The van der Waals surface area contributed by atoms with Crippen molar-refractivity contribution in [2.45, 2.75) is 40.3 Å². The first-order valence-corrected chi connectivity index (χ1v) is 8.13. The lowest BCUT2D eigenvalue weighted by Gasteiger charge is -2.31. The van der Waals surface area contributed by atoms with Gasteiger partial charge in [0.1, 0.15) is 16.7 Å². The maximum Gasteiger partial charge on any atom is 0.327 e. The van der Waals surface area contributed by atoms with Gasteiger partial charge in [0.2, 0.25) is 0 Å². The number of rotatable bonds is 3. The summed E-state index contributed by atoms with van der Waals surface area (Å²) < 4.78 is 1.64. The number of aryl methyl sites for hydroxylation is 1. The number of hydrogen-bond acceptors (Lipinski definition) is 4. The average Bonchev–Trinajstić information content (AvgIpc) is 2.87. The van der Waals surface area contributed by atoms with Gasteiger partial charge >= 0.3 is 5.69 Å². The fraction of sp³-hybridized carbons (Fsp3) is 0.389. The predicted octanol–water partition coefficient (Wildman–Crippen LogP) is 1.85. The van der Waals surface area contributed by atoms with Gasteiger partial charge < -0.3 is 5.11 Å². The fourth-order valence-electron chi connectivity index (χ4n) is 3.20. The SMILES string of the molecule is Cc1ccc(C(n2nc(CO)c3c(=O)[nH]c(=O)[nH]c32)C(C)(C)C)cc1. The zero-order valence-corrected chi connectivity index (χ0v) is 14.8. The summed E-state index contributed by atoms with van der Waals surface area (Å²) in [6, 6.07) is 7.84. The molecule has 25 heavy (non-hydrogen) atoms. The number of H-pyrrole nitrogens is 2. The summed E-state index contributed by atoms with van der Waals surface area (Å²) in [5, 5.41) is 14.3. The number of aromatic amines is 2. The third-order valence-electron chi connectivity index (χ3n) is 4.28. The quantitative estimate of drug-likeness (QED) is 0.675. The third kappa shape index (κ3) is 3.02. The molecule has 0 spiro atoms. The van der Waals surface area contributed by atoms with Gasteiger partial charge in [0.15, 0.2) is 0 Å². The van der Waals surface area contributed by atoms with Crippen molar-refractivity contribution in [2.75, 3.05) is 0 Å². The first-order valence-electron chi connectivity index (χ1n) is 8.13. The van der Waals surface area contributed by atoms with Crippen LogP contribution in [-0.4, -0.2) is 24.9 Å². The third-order valence-corrected chi connectivity index (χ3v) is 4.28. The number of benzene rings is 1. The molecule has 0 aliphatic heterocycles. The van der Waals surface area contributed by atoms with Crippen molar-refractivity contribution in [3.8, 4) is 0 Å².